The third-order valence-corrected chi connectivity index (χ3v) is 2.38. The second-order valence-electron chi connectivity index (χ2n) is 4.35. The molecule has 0 rings (SSSR count). The molecule has 4 heteroatoms. The van der Waals surface area contributed by atoms with E-state index in [1.165, 1.54) is 0 Å². The van der Waals surface area contributed by atoms with Crippen LogP contribution in [-0.2, 0) is 4.79 Å². The van der Waals surface area contributed by atoms with E-state index in [1.807, 2.05) is 35.1 Å². The second-order valence-corrected chi connectivity index (χ2v) is 4.35. The highest BCUT2D eigenvalue weighted by Crippen LogP contribution is 2.14. The maximum atomic E-state index is 10.7. The van der Waals surface area contributed by atoms with Crippen molar-refractivity contribution in [3.05, 3.63) is 11.6 Å². The standard InChI is InChI=1S/C11H22N2O2/c1-8(7-9(2)11(14)15)10(12(3)4)13(5)6/h7-8,10H,1-6H3,(H,14,15). The number of hydrogen-bond acceptors (Lipinski definition) is 3. The first-order valence-electron chi connectivity index (χ1n) is 5.02. The summed E-state index contributed by atoms with van der Waals surface area (Å²) in [4.78, 5) is 14.9. The van der Waals surface area contributed by atoms with Gasteiger partial charge in [0.1, 0.15) is 0 Å². The lowest BCUT2D eigenvalue weighted by Crippen LogP contribution is -2.44. The molecule has 0 aromatic carbocycles. The minimum absolute atomic E-state index is 0.172. The maximum Gasteiger partial charge on any atom is 0.330 e. The molecule has 4 nitrogen and oxygen atoms in total. The molecular formula is C11H22N2O2. The first-order chi connectivity index (χ1) is 6.77. The zero-order chi connectivity index (χ0) is 12.2. The van der Waals surface area contributed by atoms with Gasteiger partial charge in [0, 0.05) is 11.5 Å². The van der Waals surface area contributed by atoms with Crippen LogP contribution in [0.5, 0.6) is 0 Å². The van der Waals surface area contributed by atoms with E-state index in [0.717, 1.165) is 0 Å². The smallest absolute Gasteiger partial charge is 0.330 e. The highest BCUT2D eigenvalue weighted by Gasteiger charge is 2.20. The molecule has 0 aromatic heterocycles. The van der Waals surface area contributed by atoms with Crippen molar-refractivity contribution in [2.24, 2.45) is 5.92 Å². The molecule has 0 aliphatic carbocycles. The molecule has 0 radical (unpaired) electrons. The first-order valence-corrected chi connectivity index (χ1v) is 5.02. The van der Waals surface area contributed by atoms with E-state index in [9.17, 15) is 4.79 Å². The highest BCUT2D eigenvalue weighted by molar-refractivity contribution is 5.85. The van der Waals surface area contributed by atoms with Gasteiger partial charge in [-0.05, 0) is 35.1 Å². The Morgan fingerprint density at radius 2 is 1.60 bits per heavy atom. The summed E-state index contributed by atoms with van der Waals surface area (Å²) in [6.45, 7) is 3.65. The van der Waals surface area contributed by atoms with E-state index in [0.29, 0.717) is 5.57 Å². The molecule has 0 fully saturated rings. The summed E-state index contributed by atoms with van der Waals surface area (Å²) in [5.74, 6) is -0.677. The molecule has 0 aliphatic rings. The summed E-state index contributed by atoms with van der Waals surface area (Å²) in [6, 6.07) is 0. The van der Waals surface area contributed by atoms with Crippen LogP contribution in [0.2, 0.25) is 0 Å². The molecule has 0 amide bonds. The monoisotopic (exact) mass is 214 g/mol. The van der Waals surface area contributed by atoms with Gasteiger partial charge in [-0.2, -0.15) is 0 Å². The minimum Gasteiger partial charge on any atom is -0.478 e. The quantitative estimate of drug-likeness (QED) is 0.550. The number of carbonyl (C=O) groups is 1. The molecule has 88 valence electrons. The van der Waals surface area contributed by atoms with Crippen LogP contribution in [0.3, 0.4) is 0 Å². The molecule has 0 bridgehead atoms. The number of carboxylic acid groups (broad SMARTS) is 1. The predicted octanol–water partition coefficient (Wildman–Crippen LogP) is 1.10. The summed E-state index contributed by atoms with van der Waals surface area (Å²) in [7, 11) is 7.96. The highest BCUT2D eigenvalue weighted by atomic mass is 16.4. The summed E-state index contributed by atoms with van der Waals surface area (Å²) < 4.78 is 0. The first kappa shape index (κ1) is 14.1. The Labute approximate surface area is 92.2 Å². The minimum atomic E-state index is -0.849. The van der Waals surface area contributed by atoms with Gasteiger partial charge in [-0.15, -0.1) is 0 Å². The van der Waals surface area contributed by atoms with Crippen LogP contribution >= 0.6 is 0 Å². The molecule has 1 unspecified atom stereocenters. The Morgan fingerprint density at radius 1 is 1.20 bits per heavy atom. The van der Waals surface area contributed by atoms with Gasteiger partial charge in [0.25, 0.3) is 0 Å². The van der Waals surface area contributed by atoms with Gasteiger partial charge in [-0.25, -0.2) is 4.79 Å². The molecule has 0 saturated carbocycles. The third kappa shape index (κ3) is 4.44. The fourth-order valence-electron chi connectivity index (χ4n) is 1.95. The fourth-order valence-corrected chi connectivity index (χ4v) is 1.95. The molecule has 0 heterocycles. The number of carboxylic acids is 1. The Hall–Kier alpha value is -0.870. The Balaban J connectivity index is 4.73. The van der Waals surface area contributed by atoms with Crippen LogP contribution in [0.4, 0.5) is 0 Å². The van der Waals surface area contributed by atoms with Crippen molar-refractivity contribution in [3.8, 4) is 0 Å². The van der Waals surface area contributed by atoms with Crippen molar-refractivity contribution in [2.45, 2.75) is 20.0 Å². The van der Waals surface area contributed by atoms with E-state index in [2.05, 4.69) is 9.80 Å². The van der Waals surface area contributed by atoms with E-state index >= 15 is 0 Å². The van der Waals surface area contributed by atoms with Crippen molar-refractivity contribution in [2.75, 3.05) is 28.2 Å². The molecule has 1 atom stereocenters. The second kappa shape index (κ2) is 5.88. The Kier molecular flexibility index (Phi) is 5.54. The summed E-state index contributed by atoms with van der Waals surface area (Å²) in [5, 5.41) is 8.79. The average Bonchev–Trinajstić information content (AvgIpc) is 2.01. The van der Waals surface area contributed by atoms with E-state index in [1.54, 1.807) is 13.0 Å². The largest absolute Gasteiger partial charge is 0.478 e. The van der Waals surface area contributed by atoms with Crippen molar-refractivity contribution in [1.29, 1.82) is 0 Å². The van der Waals surface area contributed by atoms with Gasteiger partial charge >= 0.3 is 5.97 Å². The van der Waals surface area contributed by atoms with Crippen LogP contribution in [0.15, 0.2) is 11.6 Å². The van der Waals surface area contributed by atoms with Gasteiger partial charge < -0.3 is 5.11 Å². The lowest BCUT2D eigenvalue weighted by atomic mass is 10.0. The number of hydrogen-bond donors (Lipinski definition) is 1. The molecule has 0 aliphatic heterocycles. The van der Waals surface area contributed by atoms with E-state index in [-0.39, 0.29) is 12.1 Å². The van der Waals surface area contributed by atoms with Gasteiger partial charge in [0.2, 0.25) is 0 Å². The summed E-state index contributed by atoms with van der Waals surface area (Å²) in [6.07, 6.45) is 2.01. The van der Waals surface area contributed by atoms with Gasteiger partial charge in [-0.1, -0.05) is 13.0 Å². The van der Waals surface area contributed by atoms with Crippen LogP contribution in [0.1, 0.15) is 13.8 Å². The van der Waals surface area contributed by atoms with Crippen molar-refractivity contribution in [1.82, 2.24) is 9.80 Å². The predicted molar refractivity (Wildman–Crippen MR) is 61.7 cm³/mol. The fraction of sp³-hybridized carbons (Fsp3) is 0.727. The number of nitrogens with zero attached hydrogens (tertiary/aromatic N) is 2. The Morgan fingerprint density at radius 3 is 1.87 bits per heavy atom. The zero-order valence-corrected chi connectivity index (χ0v) is 10.5. The Bertz CT molecular complexity index is 239. The zero-order valence-electron chi connectivity index (χ0n) is 10.5. The summed E-state index contributed by atoms with van der Waals surface area (Å²) in [5.41, 5.74) is 0.399. The lowest BCUT2D eigenvalue weighted by molar-refractivity contribution is -0.132. The van der Waals surface area contributed by atoms with Crippen molar-refractivity contribution < 1.29 is 9.90 Å². The van der Waals surface area contributed by atoms with Crippen molar-refractivity contribution in [3.63, 3.8) is 0 Å². The lowest BCUT2D eigenvalue weighted by Gasteiger charge is -2.34. The summed E-state index contributed by atoms with van der Waals surface area (Å²) >= 11 is 0. The number of aliphatic carboxylic acids is 1. The molecule has 0 saturated heterocycles. The molecule has 0 spiro atoms. The van der Waals surface area contributed by atoms with Gasteiger partial charge in [0.15, 0.2) is 0 Å². The van der Waals surface area contributed by atoms with Crippen LogP contribution in [-0.4, -0.2) is 55.2 Å². The SMILES string of the molecule is CC(=CC(C)C(N(C)C)N(C)C)C(=O)O. The van der Waals surface area contributed by atoms with Crippen molar-refractivity contribution >= 4 is 5.97 Å². The number of rotatable bonds is 5. The van der Waals surface area contributed by atoms with E-state index < -0.39 is 5.97 Å². The third-order valence-electron chi connectivity index (χ3n) is 2.38. The van der Waals surface area contributed by atoms with Gasteiger partial charge in [0.05, 0.1) is 6.17 Å². The molecular weight excluding hydrogens is 192 g/mol. The molecule has 0 aromatic rings. The maximum absolute atomic E-state index is 10.7. The van der Waals surface area contributed by atoms with Crippen LogP contribution in [0.25, 0.3) is 0 Å². The molecule has 15 heavy (non-hydrogen) atoms. The molecule has 1 N–H and O–H groups in total. The van der Waals surface area contributed by atoms with Crippen LogP contribution in [0, 0.1) is 5.92 Å². The van der Waals surface area contributed by atoms with Crippen LogP contribution < -0.4 is 0 Å². The van der Waals surface area contributed by atoms with E-state index in [4.69, 9.17) is 5.11 Å². The normalized spacial score (nSPS) is 15.1. The average molecular weight is 214 g/mol. The topological polar surface area (TPSA) is 43.8 Å². The van der Waals surface area contributed by atoms with Gasteiger partial charge in [-0.3, -0.25) is 9.80 Å².